The standard InChI is InChI=1S/C14H23NO4/c1-5-18-12(16)11-9-6-7-10(11)15(8-9)13(17)19-14(2,3)4/h9-11H,5-8H2,1-4H3/t9-,10-,11?/m1/s1. The summed E-state index contributed by atoms with van der Waals surface area (Å²) in [6, 6.07) is -0.0427. The van der Waals surface area contributed by atoms with Crippen molar-refractivity contribution < 1.29 is 19.1 Å². The molecule has 1 amide bonds. The van der Waals surface area contributed by atoms with E-state index in [4.69, 9.17) is 9.47 Å². The third kappa shape index (κ3) is 2.85. The molecule has 2 rings (SSSR count). The van der Waals surface area contributed by atoms with Crippen molar-refractivity contribution in [2.24, 2.45) is 11.8 Å². The fourth-order valence-corrected chi connectivity index (χ4v) is 3.12. The van der Waals surface area contributed by atoms with Crippen LogP contribution in [-0.2, 0) is 14.3 Å². The SMILES string of the molecule is CCOC(=O)C1[C@@H]2CC[C@H]1N(C(=O)OC(C)(C)C)C2. The topological polar surface area (TPSA) is 55.8 Å². The number of esters is 1. The Morgan fingerprint density at radius 2 is 1.95 bits per heavy atom. The van der Waals surface area contributed by atoms with Crippen molar-refractivity contribution in [3.63, 3.8) is 0 Å². The molecule has 2 aliphatic rings. The van der Waals surface area contributed by atoms with Gasteiger partial charge in [0.2, 0.25) is 0 Å². The zero-order valence-corrected chi connectivity index (χ0v) is 12.1. The molecule has 0 N–H and O–H groups in total. The van der Waals surface area contributed by atoms with Gasteiger partial charge in [0, 0.05) is 12.6 Å². The van der Waals surface area contributed by atoms with Crippen LogP contribution in [0.5, 0.6) is 0 Å². The molecule has 0 aromatic carbocycles. The van der Waals surface area contributed by atoms with Crippen molar-refractivity contribution in [3.8, 4) is 0 Å². The van der Waals surface area contributed by atoms with Gasteiger partial charge in [-0.15, -0.1) is 0 Å². The Morgan fingerprint density at radius 3 is 2.53 bits per heavy atom. The number of rotatable bonds is 2. The van der Waals surface area contributed by atoms with Gasteiger partial charge in [-0.25, -0.2) is 4.79 Å². The van der Waals surface area contributed by atoms with E-state index in [2.05, 4.69) is 0 Å². The summed E-state index contributed by atoms with van der Waals surface area (Å²) >= 11 is 0. The van der Waals surface area contributed by atoms with Gasteiger partial charge in [0.25, 0.3) is 0 Å². The quantitative estimate of drug-likeness (QED) is 0.721. The van der Waals surface area contributed by atoms with E-state index in [1.165, 1.54) is 0 Å². The molecule has 1 aliphatic heterocycles. The van der Waals surface area contributed by atoms with Gasteiger partial charge in [-0.05, 0) is 46.5 Å². The number of likely N-dealkylation sites (tertiary alicyclic amines) is 1. The number of carbonyl (C=O) groups is 2. The maximum Gasteiger partial charge on any atom is 0.410 e. The smallest absolute Gasteiger partial charge is 0.410 e. The second kappa shape index (κ2) is 5.02. The van der Waals surface area contributed by atoms with Gasteiger partial charge in [0.1, 0.15) is 5.60 Å². The van der Waals surface area contributed by atoms with Crippen LogP contribution in [0.2, 0.25) is 0 Å². The van der Waals surface area contributed by atoms with Crippen molar-refractivity contribution >= 4 is 12.1 Å². The Kier molecular flexibility index (Phi) is 3.74. The number of hydrogen-bond donors (Lipinski definition) is 0. The van der Waals surface area contributed by atoms with Crippen LogP contribution >= 0.6 is 0 Å². The highest BCUT2D eigenvalue weighted by atomic mass is 16.6. The van der Waals surface area contributed by atoms with Crippen LogP contribution in [-0.4, -0.2) is 41.8 Å². The van der Waals surface area contributed by atoms with Gasteiger partial charge in [-0.1, -0.05) is 0 Å². The number of piperidine rings is 1. The Bertz CT molecular complexity index is 374. The molecule has 1 saturated carbocycles. The third-order valence-corrected chi connectivity index (χ3v) is 3.77. The van der Waals surface area contributed by atoms with Gasteiger partial charge in [-0.3, -0.25) is 4.79 Å². The average Bonchev–Trinajstić information content (AvgIpc) is 2.83. The predicted molar refractivity (Wildman–Crippen MR) is 69.6 cm³/mol. The summed E-state index contributed by atoms with van der Waals surface area (Å²) in [6.07, 6.45) is 1.55. The monoisotopic (exact) mass is 269 g/mol. The van der Waals surface area contributed by atoms with E-state index in [0.29, 0.717) is 13.2 Å². The summed E-state index contributed by atoms with van der Waals surface area (Å²) in [5.74, 6) is -0.0925. The van der Waals surface area contributed by atoms with E-state index in [-0.39, 0.29) is 29.9 Å². The van der Waals surface area contributed by atoms with Crippen LogP contribution in [0.1, 0.15) is 40.5 Å². The number of hydrogen-bond acceptors (Lipinski definition) is 4. The summed E-state index contributed by atoms with van der Waals surface area (Å²) in [5, 5.41) is 0. The van der Waals surface area contributed by atoms with Crippen LogP contribution in [0, 0.1) is 11.8 Å². The summed E-state index contributed by atoms with van der Waals surface area (Å²) in [6.45, 7) is 8.36. The third-order valence-electron chi connectivity index (χ3n) is 3.77. The van der Waals surface area contributed by atoms with E-state index in [1.807, 2.05) is 20.8 Å². The minimum Gasteiger partial charge on any atom is -0.466 e. The number of ether oxygens (including phenoxy) is 2. The molecule has 0 aromatic heterocycles. The molecule has 108 valence electrons. The first kappa shape index (κ1) is 14.2. The molecule has 19 heavy (non-hydrogen) atoms. The molecule has 1 saturated heterocycles. The van der Waals surface area contributed by atoms with E-state index < -0.39 is 5.60 Å². The predicted octanol–water partition coefficient (Wildman–Crippen LogP) is 2.20. The lowest BCUT2D eigenvalue weighted by Crippen LogP contribution is -2.42. The molecular weight excluding hydrogens is 246 g/mol. The second-order valence-corrected chi connectivity index (χ2v) is 6.32. The number of nitrogens with zero attached hydrogens (tertiary/aromatic N) is 1. The van der Waals surface area contributed by atoms with E-state index in [0.717, 1.165) is 12.8 Å². The van der Waals surface area contributed by atoms with Gasteiger partial charge in [0.15, 0.2) is 0 Å². The minimum absolute atomic E-state index is 0.0427. The first-order valence-electron chi connectivity index (χ1n) is 6.99. The van der Waals surface area contributed by atoms with Gasteiger partial charge >= 0.3 is 12.1 Å². The van der Waals surface area contributed by atoms with Gasteiger partial charge in [0.05, 0.1) is 12.5 Å². The zero-order chi connectivity index (χ0) is 14.2. The van der Waals surface area contributed by atoms with Crippen LogP contribution in [0.3, 0.4) is 0 Å². The highest BCUT2D eigenvalue weighted by Gasteiger charge is 2.53. The molecule has 0 spiro atoms. The van der Waals surface area contributed by atoms with Crippen LogP contribution in [0.25, 0.3) is 0 Å². The Morgan fingerprint density at radius 1 is 1.26 bits per heavy atom. The largest absolute Gasteiger partial charge is 0.466 e. The molecule has 0 aromatic rings. The number of amides is 1. The highest BCUT2D eigenvalue weighted by molar-refractivity contribution is 5.77. The lowest BCUT2D eigenvalue weighted by atomic mass is 9.99. The lowest BCUT2D eigenvalue weighted by molar-refractivity contribution is -0.149. The fourth-order valence-electron chi connectivity index (χ4n) is 3.12. The molecule has 0 radical (unpaired) electrons. The Balaban J connectivity index is 2.03. The number of fused-ring (bicyclic) bond motifs is 2. The molecule has 2 fully saturated rings. The number of carbonyl (C=O) groups excluding carboxylic acids is 2. The maximum atomic E-state index is 12.1. The van der Waals surface area contributed by atoms with Crippen LogP contribution < -0.4 is 0 Å². The van der Waals surface area contributed by atoms with E-state index in [9.17, 15) is 9.59 Å². The van der Waals surface area contributed by atoms with Crippen molar-refractivity contribution in [3.05, 3.63) is 0 Å². The van der Waals surface area contributed by atoms with E-state index >= 15 is 0 Å². The summed E-state index contributed by atoms with van der Waals surface area (Å²) < 4.78 is 10.5. The van der Waals surface area contributed by atoms with Crippen LogP contribution in [0.15, 0.2) is 0 Å². The molecule has 1 aliphatic carbocycles. The first-order chi connectivity index (χ1) is 8.83. The van der Waals surface area contributed by atoms with Gasteiger partial charge in [-0.2, -0.15) is 0 Å². The van der Waals surface area contributed by atoms with Crippen molar-refractivity contribution in [2.75, 3.05) is 13.2 Å². The molecule has 5 heteroatoms. The van der Waals surface area contributed by atoms with Crippen molar-refractivity contribution in [1.82, 2.24) is 4.90 Å². The minimum atomic E-state index is -0.502. The second-order valence-electron chi connectivity index (χ2n) is 6.32. The normalized spacial score (nSPS) is 29.5. The summed E-state index contributed by atoms with van der Waals surface area (Å²) in [5.41, 5.74) is -0.502. The molecule has 3 atom stereocenters. The molecule has 5 nitrogen and oxygen atoms in total. The van der Waals surface area contributed by atoms with Gasteiger partial charge < -0.3 is 14.4 Å². The molecule has 2 bridgehead atoms. The summed E-state index contributed by atoms with van der Waals surface area (Å²) in [4.78, 5) is 25.8. The lowest BCUT2D eigenvalue weighted by Gasteiger charge is -2.30. The fraction of sp³-hybridized carbons (Fsp3) is 0.857. The Hall–Kier alpha value is -1.26. The highest BCUT2D eigenvalue weighted by Crippen LogP contribution is 2.43. The average molecular weight is 269 g/mol. The molecule has 1 heterocycles. The van der Waals surface area contributed by atoms with Crippen molar-refractivity contribution in [1.29, 1.82) is 0 Å². The summed E-state index contributed by atoms with van der Waals surface area (Å²) in [7, 11) is 0. The molecular formula is C14H23NO4. The van der Waals surface area contributed by atoms with Crippen molar-refractivity contribution in [2.45, 2.75) is 52.2 Å². The maximum absolute atomic E-state index is 12.1. The van der Waals surface area contributed by atoms with E-state index in [1.54, 1.807) is 11.8 Å². The first-order valence-corrected chi connectivity index (χ1v) is 6.99. The Labute approximate surface area is 114 Å². The molecule has 1 unspecified atom stereocenters. The van der Waals surface area contributed by atoms with Crippen LogP contribution in [0.4, 0.5) is 4.79 Å². The zero-order valence-electron chi connectivity index (χ0n) is 12.1.